The molecule has 0 saturated heterocycles. The zero-order valence-corrected chi connectivity index (χ0v) is 13.2. The highest BCUT2D eigenvalue weighted by Gasteiger charge is 2.21. The number of amides is 1. The van der Waals surface area contributed by atoms with Gasteiger partial charge < -0.3 is 5.32 Å². The van der Waals surface area contributed by atoms with Gasteiger partial charge in [0.2, 0.25) is 15.9 Å². The van der Waals surface area contributed by atoms with Crippen LogP contribution in [-0.2, 0) is 14.8 Å². The summed E-state index contributed by atoms with van der Waals surface area (Å²) in [4.78, 5) is 11.7. The van der Waals surface area contributed by atoms with Gasteiger partial charge in [0.1, 0.15) is 5.82 Å². The Bertz CT molecular complexity index is 570. The van der Waals surface area contributed by atoms with Crippen molar-refractivity contribution >= 4 is 15.9 Å². The zero-order valence-electron chi connectivity index (χ0n) is 12.4. The number of sulfonamides is 1. The minimum Gasteiger partial charge on any atom is -0.355 e. The second kappa shape index (κ2) is 7.51. The lowest BCUT2D eigenvalue weighted by atomic mass is 10.1. The van der Waals surface area contributed by atoms with Gasteiger partial charge in [0.25, 0.3) is 0 Å². The van der Waals surface area contributed by atoms with Crippen LogP contribution in [0.4, 0.5) is 4.39 Å². The minimum atomic E-state index is -3.84. The molecule has 0 saturated carbocycles. The summed E-state index contributed by atoms with van der Waals surface area (Å²) >= 11 is 0. The molecule has 0 aromatic heterocycles. The van der Waals surface area contributed by atoms with E-state index >= 15 is 0 Å². The molecule has 0 bridgehead atoms. The van der Waals surface area contributed by atoms with Crippen LogP contribution in [0.1, 0.15) is 27.2 Å². The fourth-order valence-corrected chi connectivity index (χ4v) is 2.81. The first-order valence-electron chi connectivity index (χ1n) is 6.78. The molecule has 0 radical (unpaired) electrons. The van der Waals surface area contributed by atoms with Gasteiger partial charge in [0.15, 0.2) is 0 Å². The summed E-state index contributed by atoms with van der Waals surface area (Å²) in [5.74, 6) is -0.453. The van der Waals surface area contributed by atoms with E-state index in [-0.39, 0.29) is 10.8 Å². The zero-order chi connectivity index (χ0) is 16.0. The van der Waals surface area contributed by atoms with Crippen LogP contribution in [0.5, 0.6) is 0 Å². The third-order valence-electron chi connectivity index (χ3n) is 2.87. The maximum atomic E-state index is 12.8. The topological polar surface area (TPSA) is 75.3 Å². The molecule has 0 unspecified atom stereocenters. The van der Waals surface area contributed by atoms with E-state index in [9.17, 15) is 17.6 Å². The predicted octanol–water partition coefficient (Wildman–Crippen LogP) is 1.65. The molecule has 0 aliphatic rings. The van der Waals surface area contributed by atoms with E-state index < -0.39 is 21.9 Å². The van der Waals surface area contributed by atoms with Crippen molar-refractivity contribution in [3.8, 4) is 0 Å². The lowest BCUT2D eigenvalue weighted by Crippen LogP contribution is -2.45. The normalized spacial score (nSPS) is 13.2. The number of hydrogen-bond donors (Lipinski definition) is 2. The Morgan fingerprint density at radius 2 is 1.76 bits per heavy atom. The molecule has 1 atom stereocenters. The molecular formula is C14H21FN2O3S. The molecule has 21 heavy (non-hydrogen) atoms. The summed E-state index contributed by atoms with van der Waals surface area (Å²) in [6.07, 6.45) is 0.823. The number of carbonyl (C=O) groups excluding carboxylic acids is 1. The maximum Gasteiger partial charge on any atom is 0.241 e. The van der Waals surface area contributed by atoms with E-state index in [1.165, 1.54) is 6.92 Å². The Morgan fingerprint density at radius 3 is 2.29 bits per heavy atom. The van der Waals surface area contributed by atoms with Crippen LogP contribution in [0.25, 0.3) is 0 Å². The van der Waals surface area contributed by atoms with Gasteiger partial charge in [-0.3, -0.25) is 4.79 Å². The van der Waals surface area contributed by atoms with E-state index in [1.54, 1.807) is 0 Å². The average molecular weight is 316 g/mol. The first kappa shape index (κ1) is 17.6. The van der Waals surface area contributed by atoms with E-state index in [0.717, 1.165) is 30.7 Å². The molecule has 0 aliphatic carbocycles. The first-order valence-corrected chi connectivity index (χ1v) is 8.26. The van der Waals surface area contributed by atoms with E-state index in [2.05, 4.69) is 10.0 Å². The summed E-state index contributed by atoms with van der Waals surface area (Å²) in [5.41, 5.74) is 0. The number of halogens is 1. The molecule has 0 heterocycles. The SMILES string of the molecule is CC(C)CCNC(=O)[C@@H](C)NS(=O)(=O)c1ccc(F)cc1. The molecule has 118 valence electrons. The summed E-state index contributed by atoms with van der Waals surface area (Å²) in [6.45, 7) is 6.03. The van der Waals surface area contributed by atoms with Gasteiger partial charge in [-0.2, -0.15) is 4.72 Å². The van der Waals surface area contributed by atoms with Gasteiger partial charge in [-0.1, -0.05) is 13.8 Å². The van der Waals surface area contributed by atoms with Gasteiger partial charge in [0.05, 0.1) is 10.9 Å². The maximum absolute atomic E-state index is 12.8. The Labute approximate surface area is 125 Å². The van der Waals surface area contributed by atoms with Crippen LogP contribution in [0.15, 0.2) is 29.2 Å². The molecule has 5 nitrogen and oxygen atoms in total. The second-order valence-electron chi connectivity index (χ2n) is 5.27. The van der Waals surface area contributed by atoms with Crippen LogP contribution in [0.2, 0.25) is 0 Å². The fraction of sp³-hybridized carbons (Fsp3) is 0.500. The van der Waals surface area contributed by atoms with Crippen LogP contribution in [0.3, 0.4) is 0 Å². The largest absolute Gasteiger partial charge is 0.355 e. The van der Waals surface area contributed by atoms with Crippen molar-refractivity contribution in [1.29, 1.82) is 0 Å². The van der Waals surface area contributed by atoms with E-state index in [1.807, 2.05) is 13.8 Å². The van der Waals surface area contributed by atoms with Crippen molar-refractivity contribution in [2.75, 3.05) is 6.54 Å². The molecule has 0 fully saturated rings. The Balaban J connectivity index is 2.62. The molecule has 7 heteroatoms. The standard InChI is InChI=1S/C14H21FN2O3S/c1-10(2)8-9-16-14(18)11(3)17-21(19,20)13-6-4-12(15)5-7-13/h4-7,10-11,17H,8-9H2,1-3H3,(H,16,18)/t11-/m1/s1. The number of carbonyl (C=O) groups is 1. The lowest BCUT2D eigenvalue weighted by molar-refractivity contribution is -0.122. The number of nitrogens with one attached hydrogen (secondary N) is 2. The fourth-order valence-electron chi connectivity index (χ4n) is 1.61. The number of rotatable bonds is 7. The summed E-state index contributed by atoms with van der Waals surface area (Å²) in [5, 5.41) is 2.67. The lowest BCUT2D eigenvalue weighted by Gasteiger charge is -2.15. The highest BCUT2D eigenvalue weighted by Crippen LogP contribution is 2.10. The van der Waals surface area contributed by atoms with Gasteiger partial charge in [-0.05, 0) is 43.5 Å². The molecule has 1 aromatic rings. The van der Waals surface area contributed by atoms with Gasteiger partial charge in [-0.15, -0.1) is 0 Å². The van der Waals surface area contributed by atoms with E-state index in [0.29, 0.717) is 12.5 Å². The average Bonchev–Trinajstić information content (AvgIpc) is 2.38. The molecular weight excluding hydrogens is 295 g/mol. The van der Waals surface area contributed by atoms with Gasteiger partial charge in [0, 0.05) is 6.54 Å². The van der Waals surface area contributed by atoms with Gasteiger partial charge >= 0.3 is 0 Å². The van der Waals surface area contributed by atoms with Crippen molar-refractivity contribution in [2.45, 2.75) is 38.1 Å². The molecule has 1 aromatic carbocycles. The summed E-state index contributed by atoms with van der Waals surface area (Å²) in [7, 11) is -3.84. The second-order valence-corrected chi connectivity index (χ2v) is 6.98. The predicted molar refractivity (Wildman–Crippen MR) is 78.6 cm³/mol. The molecule has 2 N–H and O–H groups in total. The number of hydrogen-bond acceptors (Lipinski definition) is 3. The first-order chi connectivity index (χ1) is 9.72. The van der Waals surface area contributed by atoms with Crippen LogP contribution in [-0.4, -0.2) is 26.9 Å². The highest BCUT2D eigenvalue weighted by molar-refractivity contribution is 7.89. The highest BCUT2D eigenvalue weighted by atomic mass is 32.2. The van der Waals surface area contributed by atoms with Gasteiger partial charge in [-0.25, -0.2) is 12.8 Å². The van der Waals surface area contributed by atoms with Crippen molar-refractivity contribution in [3.05, 3.63) is 30.1 Å². The molecule has 1 amide bonds. The van der Waals surface area contributed by atoms with Crippen LogP contribution >= 0.6 is 0 Å². The Hall–Kier alpha value is -1.47. The monoisotopic (exact) mass is 316 g/mol. The summed E-state index contributed by atoms with van der Waals surface area (Å²) < 4.78 is 39.1. The molecule has 1 rings (SSSR count). The third kappa shape index (κ3) is 5.81. The minimum absolute atomic E-state index is 0.0780. The quantitative estimate of drug-likeness (QED) is 0.803. The van der Waals surface area contributed by atoms with Crippen LogP contribution in [0, 0.1) is 11.7 Å². The smallest absolute Gasteiger partial charge is 0.241 e. The summed E-state index contributed by atoms with van der Waals surface area (Å²) in [6, 6.07) is 3.53. The Kier molecular flexibility index (Phi) is 6.29. The van der Waals surface area contributed by atoms with Crippen LogP contribution < -0.4 is 10.0 Å². The van der Waals surface area contributed by atoms with Crippen molar-refractivity contribution < 1.29 is 17.6 Å². The van der Waals surface area contributed by atoms with Crippen molar-refractivity contribution in [2.24, 2.45) is 5.92 Å². The molecule has 0 aliphatic heterocycles. The van der Waals surface area contributed by atoms with E-state index in [4.69, 9.17) is 0 Å². The molecule has 0 spiro atoms. The van der Waals surface area contributed by atoms with Crippen molar-refractivity contribution in [1.82, 2.24) is 10.0 Å². The third-order valence-corrected chi connectivity index (χ3v) is 4.43. The Morgan fingerprint density at radius 1 is 1.19 bits per heavy atom. The van der Waals surface area contributed by atoms with Crippen molar-refractivity contribution in [3.63, 3.8) is 0 Å². The number of benzene rings is 1.